The van der Waals surface area contributed by atoms with Gasteiger partial charge in [-0.3, -0.25) is 4.79 Å². The molecular formula is C42H77NO8. The van der Waals surface area contributed by atoms with Gasteiger partial charge >= 0.3 is 0 Å². The molecule has 1 saturated heterocycles. The molecule has 0 bridgehead atoms. The predicted molar refractivity (Wildman–Crippen MR) is 207 cm³/mol. The first-order chi connectivity index (χ1) is 24.8. The summed E-state index contributed by atoms with van der Waals surface area (Å²) >= 11 is 0. The normalized spacial score (nSPS) is 22.4. The highest BCUT2D eigenvalue weighted by atomic mass is 16.7. The van der Waals surface area contributed by atoms with Crippen molar-refractivity contribution >= 4 is 5.91 Å². The second kappa shape index (κ2) is 33.0. The molecule has 0 spiro atoms. The standard InChI is InChI=1S/C42H77NO8/c1-3-5-7-8-9-10-11-12-13-14-15-16-17-18-19-20-21-22-23-24-25-26-27-28-29-30-31-36(45)35(43-38(46)32-6-4-2)34-50-42-41(49)40(48)39(47)37(33-44)51-42/h22-23,26-27,30-31,35-37,39-42,44-45,47-49H,3-21,24-25,28-29,32-34H2,1-2H3,(H,43,46)/b23-22+,27-26+,31-30+. The van der Waals surface area contributed by atoms with E-state index in [4.69, 9.17) is 9.47 Å². The molecule has 7 unspecified atom stereocenters. The Morgan fingerprint density at radius 1 is 0.647 bits per heavy atom. The first-order valence-electron chi connectivity index (χ1n) is 20.7. The van der Waals surface area contributed by atoms with Crippen molar-refractivity contribution in [1.82, 2.24) is 5.32 Å². The van der Waals surface area contributed by atoms with Gasteiger partial charge in [0.05, 0.1) is 25.4 Å². The zero-order valence-corrected chi connectivity index (χ0v) is 32.4. The number of hydrogen-bond acceptors (Lipinski definition) is 8. The average molecular weight is 724 g/mol. The van der Waals surface area contributed by atoms with Crippen LogP contribution in [0.3, 0.4) is 0 Å². The Morgan fingerprint density at radius 2 is 1.12 bits per heavy atom. The van der Waals surface area contributed by atoms with E-state index in [1.165, 1.54) is 109 Å². The summed E-state index contributed by atoms with van der Waals surface area (Å²) in [6.07, 6.45) is 33.3. The molecule has 1 fully saturated rings. The number of aliphatic hydroxyl groups excluding tert-OH is 5. The molecule has 1 amide bonds. The minimum atomic E-state index is -1.57. The lowest BCUT2D eigenvalue weighted by Crippen LogP contribution is -2.60. The number of aliphatic hydroxyl groups is 5. The summed E-state index contributed by atoms with van der Waals surface area (Å²) in [5, 5.41) is 53.3. The molecule has 0 saturated carbocycles. The van der Waals surface area contributed by atoms with E-state index in [-0.39, 0.29) is 12.5 Å². The summed E-state index contributed by atoms with van der Waals surface area (Å²) in [5.41, 5.74) is 0. The highest BCUT2D eigenvalue weighted by molar-refractivity contribution is 5.76. The molecule has 0 radical (unpaired) electrons. The maximum atomic E-state index is 12.4. The van der Waals surface area contributed by atoms with Crippen molar-refractivity contribution in [2.45, 2.75) is 211 Å². The van der Waals surface area contributed by atoms with Gasteiger partial charge in [-0.2, -0.15) is 0 Å². The number of hydrogen-bond donors (Lipinski definition) is 6. The van der Waals surface area contributed by atoms with Crippen molar-refractivity contribution in [2.75, 3.05) is 13.2 Å². The first-order valence-corrected chi connectivity index (χ1v) is 20.7. The minimum absolute atomic E-state index is 0.209. The smallest absolute Gasteiger partial charge is 0.220 e. The van der Waals surface area contributed by atoms with Crippen LogP contribution in [0.25, 0.3) is 0 Å². The number of unbranched alkanes of at least 4 members (excludes halogenated alkanes) is 19. The third-order valence-electron chi connectivity index (χ3n) is 9.70. The quantitative estimate of drug-likeness (QED) is 0.0298. The lowest BCUT2D eigenvalue weighted by Gasteiger charge is -2.40. The second-order valence-electron chi connectivity index (χ2n) is 14.4. The summed E-state index contributed by atoms with van der Waals surface area (Å²) in [6, 6.07) is -0.820. The Kier molecular flexibility index (Phi) is 30.7. The van der Waals surface area contributed by atoms with Crippen LogP contribution in [0.4, 0.5) is 0 Å². The van der Waals surface area contributed by atoms with Gasteiger partial charge in [-0.05, 0) is 44.9 Å². The van der Waals surface area contributed by atoms with Crippen LogP contribution in [-0.4, -0.2) is 87.5 Å². The zero-order chi connectivity index (χ0) is 37.4. The summed E-state index contributed by atoms with van der Waals surface area (Å²) in [4.78, 5) is 12.4. The number of carbonyl (C=O) groups excluding carboxylic acids is 1. The van der Waals surface area contributed by atoms with Gasteiger partial charge in [0.2, 0.25) is 5.91 Å². The van der Waals surface area contributed by atoms with Gasteiger partial charge in [-0.1, -0.05) is 153 Å². The van der Waals surface area contributed by atoms with Crippen LogP contribution in [0.2, 0.25) is 0 Å². The molecule has 0 aromatic carbocycles. The highest BCUT2D eigenvalue weighted by Gasteiger charge is 2.44. The molecule has 7 atom stereocenters. The first kappa shape index (κ1) is 47.4. The number of ether oxygens (including phenoxy) is 2. The molecule has 9 heteroatoms. The van der Waals surface area contributed by atoms with E-state index in [2.05, 4.69) is 36.5 Å². The molecular weight excluding hydrogens is 646 g/mol. The van der Waals surface area contributed by atoms with Crippen LogP contribution < -0.4 is 5.32 Å². The number of carbonyl (C=O) groups is 1. The van der Waals surface area contributed by atoms with Crippen LogP contribution in [-0.2, 0) is 14.3 Å². The Balaban J connectivity index is 2.16. The fourth-order valence-corrected chi connectivity index (χ4v) is 6.28. The summed E-state index contributed by atoms with van der Waals surface area (Å²) in [6.45, 7) is 3.49. The molecule has 1 rings (SSSR count). The zero-order valence-electron chi connectivity index (χ0n) is 32.4. The van der Waals surface area contributed by atoms with E-state index < -0.39 is 49.5 Å². The van der Waals surface area contributed by atoms with E-state index in [0.717, 1.165) is 32.1 Å². The number of nitrogens with one attached hydrogen (secondary N) is 1. The monoisotopic (exact) mass is 724 g/mol. The topological polar surface area (TPSA) is 149 Å². The molecule has 6 N–H and O–H groups in total. The lowest BCUT2D eigenvalue weighted by atomic mass is 9.99. The predicted octanol–water partition coefficient (Wildman–Crippen LogP) is 7.72. The van der Waals surface area contributed by atoms with Crippen molar-refractivity contribution in [3.8, 4) is 0 Å². The van der Waals surface area contributed by atoms with E-state index in [0.29, 0.717) is 12.8 Å². The third kappa shape index (κ3) is 24.4. The maximum absolute atomic E-state index is 12.4. The Hall–Kier alpha value is -1.59. The van der Waals surface area contributed by atoms with E-state index in [1.807, 2.05) is 13.0 Å². The van der Waals surface area contributed by atoms with Gasteiger partial charge in [-0.15, -0.1) is 0 Å². The third-order valence-corrected chi connectivity index (χ3v) is 9.70. The van der Waals surface area contributed by atoms with Crippen LogP contribution >= 0.6 is 0 Å². The van der Waals surface area contributed by atoms with E-state index >= 15 is 0 Å². The molecule has 1 heterocycles. The van der Waals surface area contributed by atoms with Crippen molar-refractivity contribution < 1.29 is 39.8 Å². The van der Waals surface area contributed by atoms with Crippen molar-refractivity contribution in [1.29, 1.82) is 0 Å². The van der Waals surface area contributed by atoms with Crippen LogP contribution in [0.1, 0.15) is 168 Å². The summed E-state index contributed by atoms with van der Waals surface area (Å²) in [7, 11) is 0. The van der Waals surface area contributed by atoms with Crippen LogP contribution in [0.15, 0.2) is 36.5 Å². The van der Waals surface area contributed by atoms with Gasteiger partial charge in [-0.25, -0.2) is 0 Å². The molecule has 1 aliphatic rings. The lowest BCUT2D eigenvalue weighted by molar-refractivity contribution is -0.302. The van der Waals surface area contributed by atoms with Crippen molar-refractivity contribution in [2.24, 2.45) is 0 Å². The Bertz CT molecular complexity index is 894. The van der Waals surface area contributed by atoms with Crippen LogP contribution in [0.5, 0.6) is 0 Å². The van der Waals surface area contributed by atoms with Crippen molar-refractivity contribution in [3.05, 3.63) is 36.5 Å². The molecule has 298 valence electrons. The van der Waals surface area contributed by atoms with Crippen LogP contribution in [0, 0.1) is 0 Å². The molecule has 9 nitrogen and oxygen atoms in total. The van der Waals surface area contributed by atoms with Gasteiger partial charge in [0, 0.05) is 6.42 Å². The van der Waals surface area contributed by atoms with E-state index in [9.17, 15) is 30.3 Å². The fraction of sp³-hybridized carbons (Fsp3) is 0.833. The van der Waals surface area contributed by atoms with Gasteiger partial charge in [0.25, 0.3) is 0 Å². The van der Waals surface area contributed by atoms with E-state index in [1.54, 1.807) is 6.08 Å². The molecule has 0 aromatic heterocycles. The largest absolute Gasteiger partial charge is 0.394 e. The summed E-state index contributed by atoms with van der Waals surface area (Å²) in [5.74, 6) is -0.228. The Labute approximate surface area is 311 Å². The maximum Gasteiger partial charge on any atom is 0.220 e. The van der Waals surface area contributed by atoms with Gasteiger partial charge < -0.3 is 40.3 Å². The summed E-state index contributed by atoms with van der Waals surface area (Å²) < 4.78 is 11.0. The molecule has 51 heavy (non-hydrogen) atoms. The fourth-order valence-electron chi connectivity index (χ4n) is 6.28. The average Bonchev–Trinajstić information content (AvgIpc) is 3.13. The van der Waals surface area contributed by atoms with Gasteiger partial charge in [0.15, 0.2) is 6.29 Å². The van der Waals surface area contributed by atoms with Gasteiger partial charge in [0.1, 0.15) is 24.4 Å². The Morgan fingerprint density at radius 3 is 1.63 bits per heavy atom. The number of rotatable bonds is 33. The molecule has 0 aliphatic carbocycles. The van der Waals surface area contributed by atoms with Crippen molar-refractivity contribution in [3.63, 3.8) is 0 Å². The molecule has 1 aliphatic heterocycles. The molecule has 0 aromatic rings. The number of amides is 1. The highest BCUT2D eigenvalue weighted by Crippen LogP contribution is 2.22. The number of allylic oxidation sites excluding steroid dienone is 5. The minimum Gasteiger partial charge on any atom is -0.394 e. The SMILES string of the molecule is CCCCCCCCCCCCCCCCCC/C=C/CC/C=C/CC/C=C/C(O)C(COC1OC(CO)C(O)C(O)C1O)NC(=O)CCCC. The second-order valence-corrected chi connectivity index (χ2v) is 14.4.